The minimum atomic E-state index is 0.0458. The topological polar surface area (TPSA) is 34.4 Å². The molecule has 0 aromatic carbocycles. The molecule has 0 unspecified atom stereocenters. The van der Waals surface area contributed by atoms with Crippen LogP contribution in [0.5, 0.6) is 0 Å². The minimum Gasteiger partial charge on any atom is -0.294 e. The standard InChI is InChI=1S/C11H12N2O/c1-7-4-8(2)13-10(9(3)14)6-12-11(13)5-7/h4-6H,1-3H3. The molecule has 0 amide bonds. The van der Waals surface area contributed by atoms with Crippen LogP contribution in [0.15, 0.2) is 18.3 Å². The van der Waals surface area contributed by atoms with E-state index >= 15 is 0 Å². The van der Waals surface area contributed by atoms with Crippen LogP contribution in [0.1, 0.15) is 28.7 Å². The lowest BCUT2D eigenvalue weighted by molar-refractivity contribution is 0.101. The first kappa shape index (κ1) is 8.94. The van der Waals surface area contributed by atoms with Crippen LogP contribution in [0.3, 0.4) is 0 Å². The van der Waals surface area contributed by atoms with Crippen molar-refractivity contribution in [3.05, 3.63) is 35.3 Å². The smallest absolute Gasteiger partial charge is 0.178 e. The van der Waals surface area contributed by atoms with Gasteiger partial charge in [-0.15, -0.1) is 0 Å². The van der Waals surface area contributed by atoms with Gasteiger partial charge in [-0.1, -0.05) is 0 Å². The molecule has 0 aliphatic carbocycles. The molecule has 0 spiro atoms. The fourth-order valence-corrected chi connectivity index (χ4v) is 1.73. The van der Waals surface area contributed by atoms with Gasteiger partial charge in [-0.05, 0) is 31.5 Å². The van der Waals surface area contributed by atoms with Gasteiger partial charge in [0, 0.05) is 12.6 Å². The summed E-state index contributed by atoms with van der Waals surface area (Å²) in [4.78, 5) is 15.5. The highest BCUT2D eigenvalue weighted by Gasteiger charge is 2.09. The van der Waals surface area contributed by atoms with Crippen LogP contribution in [0.4, 0.5) is 0 Å². The summed E-state index contributed by atoms with van der Waals surface area (Å²) in [6.07, 6.45) is 1.63. The molecular formula is C11H12N2O. The maximum Gasteiger partial charge on any atom is 0.178 e. The Kier molecular flexibility index (Phi) is 1.88. The van der Waals surface area contributed by atoms with Crippen LogP contribution in [0.25, 0.3) is 5.65 Å². The highest BCUT2D eigenvalue weighted by atomic mass is 16.1. The molecule has 0 radical (unpaired) electrons. The normalized spacial score (nSPS) is 10.8. The maximum absolute atomic E-state index is 11.3. The minimum absolute atomic E-state index is 0.0458. The zero-order valence-electron chi connectivity index (χ0n) is 8.53. The fraction of sp³-hybridized carbons (Fsp3) is 0.273. The molecule has 3 heteroatoms. The van der Waals surface area contributed by atoms with Crippen LogP contribution in [-0.4, -0.2) is 15.2 Å². The van der Waals surface area contributed by atoms with E-state index in [0.717, 1.165) is 16.9 Å². The van der Waals surface area contributed by atoms with Crippen molar-refractivity contribution in [1.82, 2.24) is 9.38 Å². The van der Waals surface area contributed by atoms with E-state index in [1.807, 2.05) is 30.4 Å². The Balaban J connectivity index is 2.85. The number of hydrogen-bond donors (Lipinski definition) is 0. The van der Waals surface area contributed by atoms with E-state index in [1.54, 1.807) is 13.1 Å². The molecule has 0 aliphatic rings. The Morgan fingerprint density at radius 2 is 2.07 bits per heavy atom. The van der Waals surface area contributed by atoms with Crippen molar-refractivity contribution in [2.45, 2.75) is 20.8 Å². The van der Waals surface area contributed by atoms with Gasteiger partial charge in [0.15, 0.2) is 5.78 Å². The Morgan fingerprint density at radius 3 is 2.71 bits per heavy atom. The average Bonchev–Trinajstić information content (AvgIpc) is 2.47. The van der Waals surface area contributed by atoms with Crippen molar-refractivity contribution in [1.29, 1.82) is 0 Å². The van der Waals surface area contributed by atoms with Crippen molar-refractivity contribution in [2.75, 3.05) is 0 Å². The number of aromatic nitrogens is 2. The summed E-state index contributed by atoms with van der Waals surface area (Å²) >= 11 is 0. The number of nitrogens with zero attached hydrogens (tertiary/aromatic N) is 2. The number of imidazole rings is 1. The molecule has 0 saturated heterocycles. The van der Waals surface area contributed by atoms with Gasteiger partial charge in [-0.3, -0.25) is 9.20 Å². The summed E-state index contributed by atoms with van der Waals surface area (Å²) in [5, 5.41) is 0. The lowest BCUT2D eigenvalue weighted by atomic mass is 10.2. The monoisotopic (exact) mass is 188 g/mol. The summed E-state index contributed by atoms with van der Waals surface area (Å²) < 4.78 is 1.88. The number of fused-ring (bicyclic) bond motifs is 1. The predicted molar refractivity (Wildman–Crippen MR) is 54.7 cm³/mol. The Hall–Kier alpha value is -1.64. The van der Waals surface area contributed by atoms with Crippen molar-refractivity contribution >= 4 is 11.4 Å². The molecule has 3 nitrogen and oxygen atoms in total. The van der Waals surface area contributed by atoms with Gasteiger partial charge in [-0.2, -0.15) is 0 Å². The molecule has 2 aromatic heterocycles. The highest BCUT2D eigenvalue weighted by Crippen LogP contribution is 2.13. The summed E-state index contributed by atoms with van der Waals surface area (Å²) in [7, 11) is 0. The van der Waals surface area contributed by atoms with E-state index in [9.17, 15) is 4.79 Å². The average molecular weight is 188 g/mol. The molecule has 0 aliphatic heterocycles. The summed E-state index contributed by atoms with van der Waals surface area (Å²) in [6.45, 7) is 5.56. The Morgan fingerprint density at radius 1 is 1.36 bits per heavy atom. The predicted octanol–water partition coefficient (Wildman–Crippen LogP) is 2.15. The molecule has 14 heavy (non-hydrogen) atoms. The van der Waals surface area contributed by atoms with E-state index in [1.165, 1.54) is 0 Å². The van der Waals surface area contributed by atoms with Gasteiger partial charge in [0.1, 0.15) is 11.3 Å². The molecule has 2 heterocycles. The molecule has 0 fully saturated rings. The Labute approximate surface area is 82.4 Å². The first-order chi connectivity index (χ1) is 6.59. The first-order valence-corrected chi connectivity index (χ1v) is 4.55. The zero-order chi connectivity index (χ0) is 10.3. The quantitative estimate of drug-likeness (QED) is 0.642. The number of ketones is 1. The van der Waals surface area contributed by atoms with E-state index < -0.39 is 0 Å². The Bertz CT molecular complexity index is 511. The highest BCUT2D eigenvalue weighted by molar-refractivity contribution is 5.93. The number of aryl methyl sites for hydroxylation is 2. The summed E-state index contributed by atoms with van der Waals surface area (Å²) in [5.41, 5.74) is 3.70. The van der Waals surface area contributed by atoms with Gasteiger partial charge in [-0.25, -0.2) is 4.98 Å². The zero-order valence-corrected chi connectivity index (χ0v) is 8.53. The molecule has 2 rings (SSSR count). The van der Waals surface area contributed by atoms with Crippen LogP contribution >= 0.6 is 0 Å². The van der Waals surface area contributed by atoms with Crippen LogP contribution < -0.4 is 0 Å². The van der Waals surface area contributed by atoms with Gasteiger partial charge in [0.2, 0.25) is 0 Å². The van der Waals surface area contributed by atoms with Gasteiger partial charge < -0.3 is 0 Å². The van der Waals surface area contributed by atoms with E-state index in [0.29, 0.717) is 5.69 Å². The SMILES string of the molecule is CC(=O)c1cnc2cc(C)cc(C)n12. The molecule has 2 aromatic rings. The molecule has 0 N–H and O–H groups in total. The lowest BCUT2D eigenvalue weighted by Crippen LogP contribution is -2.01. The molecule has 0 atom stereocenters. The van der Waals surface area contributed by atoms with Gasteiger partial charge in [0.25, 0.3) is 0 Å². The number of carbonyl (C=O) groups is 1. The summed E-state index contributed by atoms with van der Waals surface area (Å²) in [6, 6.07) is 4.01. The first-order valence-electron chi connectivity index (χ1n) is 4.55. The summed E-state index contributed by atoms with van der Waals surface area (Å²) in [5.74, 6) is 0.0458. The van der Waals surface area contributed by atoms with Crippen molar-refractivity contribution in [3.63, 3.8) is 0 Å². The van der Waals surface area contributed by atoms with E-state index in [4.69, 9.17) is 0 Å². The van der Waals surface area contributed by atoms with Gasteiger partial charge >= 0.3 is 0 Å². The van der Waals surface area contributed by atoms with Crippen LogP contribution in [0, 0.1) is 13.8 Å². The molecular weight excluding hydrogens is 176 g/mol. The number of pyridine rings is 1. The number of carbonyl (C=O) groups excluding carboxylic acids is 1. The third kappa shape index (κ3) is 1.21. The van der Waals surface area contributed by atoms with Crippen molar-refractivity contribution in [3.8, 4) is 0 Å². The van der Waals surface area contributed by atoms with Crippen molar-refractivity contribution < 1.29 is 4.79 Å². The molecule has 0 bridgehead atoms. The van der Waals surface area contributed by atoms with Crippen molar-refractivity contribution in [2.24, 2.45) is 0 Å². The lowest BCUT2D eigenvalue weighted by Gasteiger charge is -2.03. The number of Topliss-reactive ketones (excluding diaryl/α,β-unsaturated/α-hetero) is 1. The second-order valence-electron chi connectivity index (χ2n) is 3.57. The molecule has 72 valence electrons. The fourth-order valence-electron chi connectivity index (χ4n) is 1.73. The number of hydrogen-bond acceptors (Lipinski definition) is 2. The van der Waals surface area contributed by atoms with Crippen LogP contribution in [0.2, 0.25) is 0 Å². The third-order valence-corrected chi connectivity index (χ3v) is 2.30. The van der Waals surface area contributed by atoms with Gasteiger partial charge in [0.05, 0.1) is 6.20 Å². The largest absolute Gasteiger partial charge is 0.294 e. The second-order valence-corrected chi connectivity index (χ2v) is 3.57. The molecule has 0 saturated carbocycles. The third-order valence-electron chi connectivity index (χ3n) is 2.30. The van der Waals surface area contributed by atoms with E-state index in [-0.39, 0.29) is 5.78 Å². The maximum atomic E-state index is 11.3. The van der Waals surface area contributed by atoms with E-state index in [2.05, 4.69) is 4.98 Å². The van der Waals surface area contributed by atoms with Crippen LogP contribution in [-0.2, 0) is 0 Å². The number of rotatable bonds is 1. The second kappa shape index (κ2) is 2.94.